The number of hydrogen-bond acceptors (Lipinski definition) is 8. The second-order valence-electron chi connectivity index (χ2n) is 7.40. The lowest BCUT2D eigenvalue weighted by molar-refractivity contribution is 0.243. The van der Waals surface area contributed by atoms with Crippen molar-refractivity contribution >= 4 is 55.3 Å². The molecule has 1 aliphatic heterocycles. The molecule has 2 aromatic carbocycles. The van der Waals surface area contributed by atoms with E-state index in [1.165, 1.54) is 5.69 Å². The van der Waals surface area contributed by atoms with Gasteiger partial charge >= 0.3 is 0 Å². The first kappa shape index (κ1) is 24.1. The van der Waals surface area contributed by atoms with E-state index in [-0.39, 0.29) is 28.8 Å². The summed E-state index contributed by atoms with van der Waals surface area (Å²) in [6.45, 7) is 4.51. The molecule has 2 unspecified atom stereocenters. The van der Waals surface area contributed by atoms with Crippen molar-refractivity contribution in [1.82, 2.24) is 9.88 Å². The highest BCUT2D eigenvalue weighted by Crippen LogP contribution is 2.28. The van der Waals surface area contributed by atoms with Gasteiger partial charge in [-0.05, 0) is 29.8 Å². The van der Waals surface area contributed by atoms with Gasteiger partial charge in [0.15, 0.2) is 0 Å². The number of rotatable bonds is 7. The number of fused-ring (bicyclic) bond motifs is 1. The Kier molecular flexibility index (Phi) is 8.43. The third-order valence-corrected chi connectivity index (χ3v) is 7.04. The molecular weight excluding hydrogens is 500 g/mol. The van der Waals surface area contributed by atoms with Crippen LogP contribution in [0, 0.1) is 0 Å². The van der Waals surface area contributed by atoms with E-state index in [0.29, 0.717) is 0 Å². The molecular formula is C21H26BrN4O3S2-. The quantitative estimate of drug-likeness (QED) is 0.473. The van der Waals surface area contributed by atoms with Crippen LogP contribution in [0.2, 0.25) is 0 Å². The van der Waals surface area contributed by atoms with E-state index in [9.17, 15) is 8.76 Å². The van der Waals surface area contributed by atoms with Gasteiger partial charge in [0.1, 0.15) is 10.8 Å². The minimum absolute atomic E-state index is 0. The van der Waals surface area contributed by atoms with Crippen LogP contribution in [-0.2, 0) is 16.8 Å². The van der Waals surface area contributed by atoms with Gasteiger partial charge < -0.3 is 19.9 Å². The van der Waals surface area contributed by atoms with Gasteiger partial charge in [-0.25, -0.2) is 4.98 Å². The van der Waals surface area contributed by atoms with Crippen molar-refractivity contribution in [2.75, 3.05) is 44.7 Å². The third-order valence-electron chi connectivity index (χ3n) is 5.32. The topological polar surface area (TPSA) is 94.8 Å². The second-order valence-corrected chi connectivity index (χ2v) is 9.36. The minimum Gasteiger partial charge on any atom is -0.772 e. The Bertz CT molecular complexity index is 1040. The number of benzene rings is 2. The van der Waals surface area contributed by atoms with Crippen LogP contribution in [0.4, 0.5) is 5.69 Å². The van der Waals surface area contributed by atoms with Gasteiger partial charge in [-0.1, -0.05) is 23.2 Å². The van der Waals surface area contributed by atoms with E-state index in [1.54, 1.807) is 18.4 Å². The first-order valence-corrected chi connectivity index (χ1v) is 11.9. The fourth-order valence-electron chi connectivity index (χ4n) is 3.72. The molecule has 3 aromatic rings. The van der Waals surface area contributed by atoms with Crippen LogP contribution in [-0.4, -0.2) is 58.5 Å². The van der Waals surface area contributed by atoms with Gasteiger partial charge in [0, 0.05) is 50.2 Å². The van der Waals surface area contributed by atoms with Crippen LogP contribution in [0.15, 0.2) is 42.5 Å². The average molecular weight is 527 g/mol. The van der Waals surface area contributed by atoms with Crippen molar-refractivity contribution in [2.45, 2.75) is 11.8 Å². The zero-order valence-corrected chi connectivity index (χ0v) is 20.6. The predicted octanol–water partition coefficient (Wildman–Crippen LogP) is 3.08. The number of aromatic nitrogens is 1. The van der Waals surface area contributed by atoms with Crippen LogP contribution in [0.25, 0.3) is 10.2 Å². The molecule has 0 bridgehead atoms. The van der Waals surface area contributed by atoms with Gasteiger partial charge in [0.2, 0.25) is 0 Å². The Labute approximate surface area is 199 Å². The molecule has 1 aliphatic rings. The Balaban J connectivity index is 0.00000272. The van der Waals surface area contributed by atoms with Crippen LogP contribution >= 0.6 is 28.3 Å². The smallest absolute Gasteiger partial charge is 0.120 e. The number of nitrogens with zero attached hydrogens (tertiary/aromatic N) is 3. The van der Waals surface area contributed by atoms with Crippen molar-refractivity contribution < 1.29 is 13.5 Å². The fourth-order valence-corrected chi connectivity index (χ4v) is 5.20. The summed E-state index contributed by atoms with van der Waals surface area (Å²) < 4.78 is 28.2. The van der Waals surface area contributed by atoms with Crippen molar-refractivity contribution in [3.05, 3.63) is 53.0 Å². The first-order valence-electron chi connectivity index (χ1n) is 9.84. The van der Waals surface area contributed by atoms with E-state index < -0.39 is 11.1 Å². The van der Waals surface area contributed by atoms with E-state index in [1.807, 2.05) is 30.3 Å². The molecule has 10 heteroatoms. The molecule has 168 valence electrons. The lowest BCUT2D eigenvalue weighted by Gasteiger charge is -2.37. The normalized spacial score (nSPS) is 16.7. The molecule has 0 radical (unpaired) electrons. The van der Waals surface area contributed by atoms with Crippen molar-refractivity contribution in [1.29, 1.82) is 0 Å². The number of hydrogen-bond donors (Lipinski definition) is 1. The molecule has 0 amide bonds. The lowest BCUT2D eigenvalue weighted by atomic mass is 10.2. The Morgan fingerprint density at radius 1 is 1.23 bits per heavy atom. The number of anilines is 1. The standard InChI is InChI=1S/C21H26N4O3S2.BrH/c1-28-17-4-2-3-16(12-17)25-9-7-24(8-10-25)13-18(22)21-23-19-6-5-15(14-30(26)27)11-20(19)29-21;/h2-6,11-12,18H,7-10,13-14,22H2,1H3,(H,26,27);1H/p-1. The average Bonchev–Trinajstić information content (AvgIpc) is 3.17. The maximum Gasteiger partial charge on any atom is 0.120 e. The highest BCUT2D eigenvalue weighted by Gasteiger charge is 2.21. The monoisotopic (exact) mass is 525 g/mol. The van der Waals surface area contributed by atoms with Crippen molar-refractivity contribution in [3.8, 4) is 5.75 Å². The highest BCUT2D eigenvalue weighted by molar-refractivity contribution is 8.93. The Morgan fingerprint density at radius 2 is 2.00 bits per heavy atom. The molecule has 0 saturated carbocycles. The van der Waals surface area contributed by atoms with Gasteiger partial charge in [0.05, 0.1) is 23.4 Å². The fraction of sp³-hybridized carbons (Fsp3) is 0.381. The Morgan fingerprint density at radius 3 is 2.71 bits per heavy atom. The van der Waals surface area contributed by atoms with Crippen LogP contribution in [0.3, 0.4) is 0 Å². The van der Waals surface area contributed by atoms with Crippen molar-refractivity contribution in [2.24, 2.45) is 5.73 Å². The maximum atomic E-state index is 10.9. The number of piperazine rings is 1. The summed E-state index contributed by atoms with van der Waals surface area (Å²) in [7, 11) is 1.69. The largest absolute Gasteiger partial charge is 0.772 e. The zero-order chi connectivity index (χ0) is 21.1. The third kappa shape index (κ3) is 6.03. The van der Waals surface area contributed by atoms with Gasteiger partial charge in [0.25, 0.3) is 0 Å². The SMILES string of the molecule is Br.COc1cccc(N2CCN(CC(N)c3nc4ccc(CS(=O)[O-])cc4s3)CC2)c1. The van der Waals surface area contributed by atoms with Crippen LogP contribution in [0.5, 0.6) is 5.75 Å². The molecule has 2 heterocycles. The van der Waals surface area contributed by atoms with E-state index >= 15 is 0 Å². The van der Waals surface area contributed by atoms with Gasteiger partial charge in [-0.15, -0.1) is 28.3 Å². The lowest BCUT2D eigenvalue weighted by Crippen LogP contribution is -2.48. The summed E-state index contributed by atoms with van der Waals surface area (Å²) in [5.74, 6) is 0.893. The van der Waals surface area contributed by atoms with Gasteiger partial charge in [-0.3, -0.25) is 9.11 Å². The Hall–Kier alpha value is -1.56. The van der Waals surface area contributed by atoms with E-state index in [4.69, 9.17) is 10.5 Å². The number of halogens is 1. The zero-order valence-electron chi connectivity index (χ0n) is 17.2. The summed E-state index contributed by atoms with van der Waals surface area (Å²) in [5.41, 5.74) is 9.29. The molecule has 7 nitrogen and oxygen atoms in total. The molecule has 1 fully saturated rings. The molecule has 1 saturated heterocycles. The van der Waals surface area contributed by atoms with Crippen molar-refractivity contribution in [3.63, 3.8) is 0 Å². The van der Waals surface area contributed by atoms with Crippen LogP contribution < -0.4 is 15.4 Å². The maximum absolute atomic E-state index is 10.9. The molecule has 0 aliphatic carbocycles. The van der Waals surface area contributed by atoms with Crippen LogP contribution in [0.1, 0.15) is 16.6 Å². The summed E-state index contributed by atoms with van der Waals surface area (Å²) >= 11 is -0.545. The summed E-state index contributed by atoms with van der Waals surface area (Å²) in [6.07, 6.45) is 0. The first-order chi connectivity index (χ1) is 14.5. The number of thiazole rings is 1. The minimum atomic E-state index is -2.09. The predicted molar refractivity (Wildman–Crippen MR) is 131 cm³/mol. The summed E-state index contributed by atoms with van der Waals surface area (Å²) in [4.78, 5) is 9.41. The molecule has 31 heavy (non-hydrogen) atoms. The van der Waals surface area contributed by atoms with E-state index in [0.717, 1.165) is 59.3 Å². The molecule has 1 aromatic heterocycles. The molecule has 2 N–H and O–H groups in total. The number of methoxy groups -OCH3 is 1. The number of nitrogens with two attached hydrogens (primary N) is 1. The molecule has 2 atom stereocenters. The second kappa shape index (κ2) is 10.8. The molecule has 4 rings (SSSR count). The van der Waals surface area contributed by atoms with Gasteiger partial charge in [-0.2, -0.15) is 0 Å². The highest BCUT2D eigenvalue weighted by atomic mass is 79.9. The van der Waals surface area contributed by atoms with E-state index in [2.05, 4.69) is 26.9 Å². The summed E-state index contributed by atoms with van der Waals surface area (Å²) in [5, 5.41) is 0.889. The summed E-state index contributed by atoms with van der Waals surface area (Å²) in [6, 6.07) is 13.6. The number of ether oxygens (including phenoxy) is 1. The molecule has 0 spiro atoms.